The van der Waals surface area contributed by atoms with Gasteiger partial charge in [-0.3, -0.25) is 4.79 Å². The molecule has 116 valence electrons. The Labute approximate surface area is 136 Å². The molecule has 0 aliphatic carbocycles. The quantitative estimate of drug-likeness (QED) is 0.832. The van der Waals surface area contributed by atoms with Crippen LogP contribution in [-0.2, 0) is 6.42 Å². The van der Waals surface area contributed by atoms with Crippen LogP contribution in [0.4, 0.5) is 10.7 Å². The first kappa shape index (κ1) is 15.1. The predicted molar refractivity (Wildman–Crippen MR) is 93.3 cm³/mol. The van der Waals surface area contributed by atoms with Crippen molar-refractivity contribution in [2.24, 2.45) is 0 Å². The number of rotatable bonds is 5. The van der Waals surface area contributed by atoms with Crippen LogP contribution in [0, 0.1) is 0 Å². The summed E-state index contributed by atoms with van der Waals surface area (Å²) in [5, 5.41) is 4.14. The number of nitrogens with zero attached hydrogens (tertiary/aromatic N) is 1. The number of hydrogen-bond donors (Lipinski definition) is 1. The number of nitrogens with one attached hydrogen (secondary N) is 1. The Kier molecular flexibility index (Phi) is 4.48. The van der Waals surface area contributed by atoms with Gasteiger partial charge in [0, 0.05) is 18.3 Å². The lowest BCUT2D eigenvalue weighted by Gasteiger charge is -2.22. The first-order chi connectivity index (χ1) is 10.7. The first-order valence-corrected chi connectivity index (χ1v) is 8.77. The van der Waals surface area contributed by atoms with Gasteiger partial charge in [-0.25, -0.2) is 0 Å². The number of carbonyl (C=O) groups is 1. The monoisotopic (exact) mass is 314 g/mol. The van der Waals surface area contributed by atoms with Crippen LogP contribution < -0.4 is 10.2 Å². The molecule has 1 aliphatic heterocycles. The largest absolute Gasteiger partial charge is 0.351 e. The second kappa shape index (κ2) is 6.53. The van der Waals surface area contributed by atoms with Crippen molar-refractivity contribution in [1.82, 2.24) is 5.32 Å². The van der Waals surface area contributed by atoms with Crippen LogP contribution >= 0.6 is 11.3 Å². The highest BCUT2D eigenvalue weighted by molar-refractivity contribution is 7.18. The third-order valence-corrected chi connectivity index (χ3v) is 5.16. The third-order valence-electron chi connectivity index (χ3n) is 4.08. The Balaban J connectivity index is 1.78. The molecule has 1 N–H and O–H groups in total. The molecule has 0 saturated carbocycles. The zero-order valence-corrected chi connectivity index (χ0v) is 14.0. The van der Waals surface area contributed by atoms with Gasteiger partial charge in [-0.15, -0.1) is 11.3 Å². The minimum Gasteiger partial charge on any atom is -0.351 e. The van der Waals surface area contributed by atoms with Gasteiger partial charge in [-0.2, -0.15) is 0 Å². The number of hydrogen-bond acceptors (Lipinski definition) is 3. The van der Waals surface area contributed by atoms with Crippen LogP contribution in [0.2, 0.25) is 0 Å². The first-order valence-electron chi connectivity index (χ1n) is 7.96. The van der Waals surface area contributed by atoms with Gasteiger partial charge in [0.2, 0.25) is 0 Å². The molecule has 1 unspecified atom stereocenters. The van der Waals surface area contributed by atoms with Gasteiger partial charge < -0.3 is 10.2 Å². The number of benzene rings is 1. The zero-order chi connectivity index (χ0) is 15.5. The van der Waals surface area contributed by atoms with Crippen molar-refractivity contribution in [3.05, 3.63) is 46.8 Å². The maximum absolute atomic E-state index is 12.2. The zero-order valence-electron chi connectivity index (χ0n) is 13.1. The number of fused-ring (bicyclic) bond motifs is 1. The van der Waals surface area contributed by atoms with Gasteiger partial charge in [0.05, 0.1) is 9.88 Å². The molecule has 0 fully saturated rings. The van der Waals surface area contributed by atoms with Gasteiger partial charge >= 0.3 is 0 Å². The van der Waals surface area contributed by atoms with Crippen molar-refractivity contribution < 1.29 is 4.79 Å². The number of carbonyl (C=O) groups excluding carboxylic acids is 1. The standard InChI is InChI=1S/C18H22N2OS/c1-3-4-11-19-18(21)16-9-10-17(22-16)20-13(2)12-14-7-5-6-8-15(14)20/h5-10,13H,3-4,11-12H2,1-2H3,(H,19,21). The number of amides is 1. The van der Waals surface area contributed by atoms with E-state index in [4.69, 9.17) is 0 Å². The summed E-state index contributed by atoms with van der Waals surface area (Å²) in [6.07, 6.45) is 3.19. The molecule has 1 amide bonds. The molecule has 3 rings (SSSR count). The van der Waals surface area contributed by atoms with E-state index in [1.807, 2.05) is 6.07 Å². The fraction of sp³-hybridized carbons (Fsp3) is 0.389. The molecule has 1 atom stereocenters. The summed E-state index contributed by atoms with van der Waals surface area (Å²) in [4.78, 5) is 15.3. The molecule has 1 aliphatic rings. The van der Waals surface area contributed by atoms with E-state index in [2.05, 4.69) is 54.4 Å². The maximum atomic E-state index is 12.2. The van der Waals surface area contributed by atoms with Gasteiger partial charge in [0.1, 0.15) is 0 Å². The second-order valence-electron chi connectivity index (χ2n) is 5.80. The normalized spacial score (nSPS) is 16.6. The topological polar surface area (TPSA) is 32.3 Å². The summed E-state index contributed by atoms with van der Waals surface area (Å²) in [7, 11) is 0. The molecule has 0 bridgehead atoms. The Morgan fingerprint density at radius 1 is 1.32 bits per heavy atom. The Hall–Kier alpha value is -1.81. The molecule has 2 heterocycles. The van der Waals surface area contributed by atoms with Gasteiger partial charge in [-0.1, -0.05) is 31.5 Å². The molecule has 1 aromatic carbocycles. The molecular weight excluding hydrogens is 292 g/mol. The van der Waals surface area contributed by atoms with Gasteiger partial charge in [-0.05, 0) is 43.5 Å². The number of thiophene rings is 1. The molecule has 3 nitrogen and oxygen atoms in total. The summed E-state index contributed by atoms with van der Waals surface area (Å²) >= 11 is 1.58. The number of anilines is 2. The van der Waals surface area contributed by atoms with Crippen LogP contribution in [0.1, 0.15) is 41.9 Å². The van der Waals surface area contributed by atoms with Crippen LogP contribution in [-0.4, -0.2) is 18.5 Å². The molecule has 22 heavy (non-hydrogen) atoms. The highest BCUT2D eigenvalue weighted by atomic mass is 32.1. The van der Waals surface area contributed by atoms with E-state index < -0.39 is 0 Å². The minimum absolute atomic E-state index is 0.0461. The van der Waals surface area contributed by atoms with Crippen LogP contribution in [0.15, 0.2) is 36.4 Å². The summed E-state index contributed by atoms with van der Waals surface area (Å²) in [5.41, 5.74) is 2.66. The summed E-state index contributed by atoms with van der Waals surface area (Å²) in [6.45, 7) is 5.12. The van der Waals surface area contributed by atoms with Crippen molar-refractivity contribution in [2.75, 3.05) is 11.4 Å². The summed E-state index contributed by atoms with van der Waals surface area (Å²) in [6, 6.07) is 13.0. The number of unbranched alkanes of at least 4 members (excludes halogenated alkanes) is 1. The lowest BCUT2D eigenvalue weighted by atomic mass is 10.1. The Morgan fingerprint density at radius 2 is 2.14 bits per heavy atom. The molecule has 4 heteroatoms. The van der Waals surface area contributed by atoms with Crippen molar-refractivity contribution >= 4 is 27.9 Å². The van der Waals surface area contributed by atoms with E-state index in [-0.39, 0.29) is 5.91 Å². The fourth-order valence-electron chi connectivity index (χ4n) is 2.95. The smallest absolute Gasteiger partial charge is 0.261 e. The summed E-state index contributed by atoms with van der Waals surface area (Å²) in [5.74, 6) is 0.0461. The molecule has 2 aromatic rings. The Bertz CT molecular complexity index is 665. The SMILES string of the molecule is CCCCNC(=O)c1ccc(N2c3ccccc3CC2C)s1. The second-order valence-corrected chi connectivity index (χ2v) is 6.86. The van der Waals surface area contributed by atoms with Crippen molar-refractivity contribution in [3.8, 4) is 0 Å². The molecule has 0 radical (unpaired) electrons. The van der Waals surface area contributed by atoms with Crippen molar-refractivity contribution in [2.45, 2.75) is 39.2 Å². The van der Waals surface area contributed by atoms with Crippen LogP contribution in [0.25, 0.3) is 0 Å². The van der Waals surface area contributed by atoms with E-state index in [0.717, 1.165) is 35.7 Å². The number of para-hydroxylation sites is 1. The van der Waals surface area contributed by atoms with Crippen LogP contribution in [0.5, 0.6) is 0 Å². The molecule has 1 aromatic heterocycles. The van der Waals surface area contributed by atoms with E-state index in [0.29, 0.717) is 6.04 Å². The van der Waals surface area contributed by atoms with E-state index in [1.54, 1.807) is 11.3 Å². The lowest BCUT2D eigenvalue weighted by Crippen LogP contribution is -2.24. The molecular formula is C18H22N2OS. The van der Waals surface area contributed by atoms with Crippen molar-refractivity contribution in [3.63, 3.8) is 0 Å². The maximum Gasteiger partial charge on any atom is 0.261 e. The molecule has 0 saturated heterocycles. The van der Waals surface area contributed by atoms with Gasteiger partial charge in [0.15, 0.2) is 0 Å². The van der Waals surface area contributed by atoms with E-state index in [1.165, 1.54) is 11.3 Å². The van der Waals surface area contributed by atoms with Gasteiger partial charge in [0.25, 0.3) is 5.91 Å². The average molecular weight is 314 g/mol. The van der Waals surface area contributed by atoms with Crippen LogP contribution in [0.3, 0.4) is 0 Å². The average Bonchev–Trinajstić information content (AvgIpc) is 3.10. The van der Waals surface area contributed by atoms with E-state index in [9.17, 15) is 4.79 Å². The van der Waals surface area contributed by atoms with Crippen molar-refractivity contribution in [1.29, 1.82) is 0 Å². The highest BCUT2D eigenvalue weighted by Crippen LogP contribution is 2.41. The van der Waals surface area contributed by atoms with E-state index >= 15 is 0 Å². The predicted octanol–water partition coefficient (Wildman–Crippen LogP) is 4.36. The summed E-state index contributed by atoms with van der Waals surface area (Å²) < 4.78 is 0. The third kappa shape index (κ3) is 2.88. The fourth-order valence-corrected chi connectivity index (χ4v) is 3.99. The minimum atomic E-state index is 0.0461. The Morgan fingerprint density at radius 3 is 2.95 bits per heavy atom. The lowest BCUT2D eigenvalue weighted by molar-refractivity contribution is 0.0957. The highest BCUT2D eigenvalue weighted by Gasteiger charge is 2.28. The molecule has 0 spiro atoms.